The second-order valence-electron chi connectivity index (χ2n) is 9.69. The molecular weight excluding hydrogens is 338 g/mol. The molecule has 4 aliphatic rings. The van der Waals surface area contributed by atoms with E-state index >= 15 is 0 Å². The Balaban J connectivity index is 1.29. The molecule has 1 aromatic carbocycles. The summed E-state index contributed by atoms with van der Waals surface area (Å²) in [4.78, 5) is 20.4. The highest BCUT2D eigenvalue weighted by Gasteiger charge is 2.58. The Morgan fingerprint density at radius 2 is 2.07 bits per heavy atom. The van der Waals surface area contributed by atoms with E-state index in [-0.39, 0.29) is 17.4 Å². The predicted molar refractivity (Wildman–Crippen MR) is 104 cm³/mol. The molecule has 144 valence electrons. The highest BCUT2D eigenvalue weighted by molar-refractivity contribution is 5.82. The number of fused-ring (bicyclic) bond motifs is 1. The minimum atomic E-state index is -0.480. The first-order valence-corrected chi connectivity index (χ1v) is 10.3. The molecule has 3 N–H and O–H groups in total. The number of aromatic nitrogens is 2. The van der Waals surface area contributed by atoms with Crippen LogP contribution in [0.1, 0.15) is 56.8 Å². The summed E-state index contributed by atoms with van der Waals surface area (Å²) in [6.07, 6.45) is 6.76. The van der Waals surface area contributed by atoms with Crippen LogP contribution in [0.25, 0.3) is 11.0 Å². The van der Waals surface area contributed by atoms with E-state index in [1.807, 2.05) is 25.1 Å². The van der Waals surface area contributed by atoms with Gasteiger partial charge >= 0.3 is 0 Å². The molecule has 4 saturated carbocycles. The highest BCUT2D eigenvalue weighted by atomic mass is 16.3. The molecule has 5 heteroatoms. The second-order valence-corrected chi connectivity index (χ2v) is 9.69. The number of nitrogens with one attached hydrogen (secondary N) is 2. The second kappa shape index (κ2) is 5.81. The fourth-order valence-electron chi connectivity index (χ4n) is 6.72. The molecule has 27 heavy (non-hydrogen) atoms. The average molecular weight is 367 g/mol. The van der Waals surface area contributed by atoms with Crippen molar-refractivity contribution in [3.8, 4) is 0 Å². The molecule has 4 aliphatic carbocycles. The third-order valence-corrected chi connectivity index (χ3v) is 7.40. The molecule has 0 spiro atoms. The number of amides is 1. The van der Waals surface area contributed by atoms with Crippen LogP contribution in [-0.4, -0.2) is 32.6 Å². The van der Waals surface area contributed by atoms with Gasteiger partial charge in [-0.3, -0.25) is 4.79 Å². The number of rotatable bonds is 4. The van der Waals surface area contributed by atoms with Crippen molar-refractivity contribution in [2.75, 3.05) is 0 Å². The number of aromatic amines is 1. The number of hydrogen-bond acceptors (Lipinski definition) is 3. The first-order chi connectivity index (χ1) is 12.8. The van der Waals surface area contributed by atoms with E-state index in [0.29, 0.717) is 18.3 Å². The molecule has 4 bridgehead atoms. The van der Waals surface area contributed by atoms with Gasteiger partial charge in [-0.2, -0.15) is 0 Å². The maximum absolute atomic E-state index is 12.7. The Morgan fingerprint density at radius 1 is 1.33 bits per heavy atom. The molecule has 2 aromatic rings. The molecule has 1 aromatic heterocycles. The predicted octanol–water partition coefficient (Wildman–Crippen LogP) is 3.25. The lowest BCUT2D eigenvalue weighted by atomic mass is 9.46. The standard InChI is InChI=1S/C22H29N3O2/c1-13(21-8-16-5-17(9-21)11-22(27,10-16)12-21)23-20(26)7-15-3-4-18-19(6-15)25-14(2)24-18/h3-4,6,13,16-17,27H,5,7-12H2,1-2H3,(H,23,26)(H,24,25). The van der Waals surface area contributed by atoms with Crippen molar-refractivity contribution < 1.29 is 9.90 Å². The maximum Gasteiger partial charge on any atom is 0.224 e. The Kier molecular flexibility index (Phi) is 3.71. The Hall–Kier alpha value is -1.88. The van der Waals surface area contributed by atoms with Gasteiger partial charge in [0.05, 0.1) is 23.1 Å². The van der Waals surface area contributed by atoms with E-state index in [2.05, 4.69) is 22.2 Å². The van der Waals surface area contributed by atoms with Crippen molar-refractivity contribution in [3.63, 3.8) is 0 Å². The van der Waals surface area contributed by atoms with Crippen molar-refractivity contribution >= 4 is 16.9 Å². The molecule has 3 atom stereocenters. The van der Waals surface area contributed by atoms with E-state index in [1.165, 1.54) is 6.42 Å². The van der Waals surface area contributed by atoms with Gasteiger partial charge in [0, 0.05) is 6.04 Å². The Bertz CT molecular complexity index is 888. The molecule has 4 fully saturated rings. The fraction of sp³-hybridized carbons (Fsp3) is 0.636. The first-order valence-electron chi connectivity index (χ1n) is 10.3. The van der Waals surface area contributed by atoms with Gasteiger partial charge in [0.1, 0.15) is 5.82 Å². The van der Waals surface area contributed by atoms with Gasteiger partial charge in [-0.05, 0) is 87.3 Å². The van der Waals surface area contributed by atoms with Crippen molar-refractivity contribution in [2.45, 2.75) is 70.4 Å². The number of nitrogens with zero attached hydrogens (tertiary/aromatic N) is 1. The Labute approximate surface area is 160 Å². The number of aryl methyl sites for hydroxylation is 1. The van der Waals surface area contributed by atoms with Gasteiger partial charge in [-0.15, -0.1) is 0 Å². The van der Waals surface area contributed by atoms with Gasteiger partial charge in [-0.1, -0.05) is 6.07 Å². The lowest BCUT2D eigenvalue weighted by Gasteiger charge is -2.62. The van der Waals surface area contributed by atoms with E-state index in [4.69, 9.17) is 0 Å². The summed E-state index contributed by atoms with van der Waals surface area (Å²) < 4.78 is 0. The van der Waals surface area contributed by atoms with Gasteiger partial charge < -0.3 is 15.4 Å². The number of carbonyl (C=O) groups excluding carboxylic acids is 1. The van der Waals surface area contributed by atoms with Gasteiger partial charge in [0.2, 0.25) is 5.91 Å². The molecule has 0 saturated heterocycles. The van der Waals surface area contributed by atoms with Crippen molar-refractivity contribution in [1.29, 1.82) is 0 Å². The number of hydrogen-bond donors (Lipinski definition) is 3. The quantitative estimate of drug-likeness (QED) is 0.776. The van der Waals surface area contributed by atoms with Gasteiger partial charge in [0.25, 0.3) is 0 Å². The van der Waals surface area contributed by atoms with E-state index in [0.717, 1.165) is 54.5 Å². The zero-order valence-corrected chi connectivity index (χ0v) is 16.2. The fourth-order valence-corrected chi connectivity index (χ4v) is 6.72. The topological polar surface area (TPSA) is 78.0 Å². The largest absolute Gasteiger partial charge is 0.390 e. The summed E-state index contributed by atoms with van der Waals surface area (Å²) in [6, 6.07) is 6.09. The summed E-state index contributed by atoms with van der Waals surface area (Å²) in [5, 5.41) is 14.2. The smallest absolute Gasteiger partial charge is 0.224 e. The van der Waals surface area contributed by atoms with E-state index in [9.17, 15) is 9.90 Å². The summed E-state index contributed by atoms with van der Waals surface area (Å²) in [5.41, 5.74) is 2.52. The third kappa shape index (κ3) is 2.96. The molecule has 1 heterocycles. The van der Waals surface area contributed by atoms with Crippen LogP contribution in [0, 0.1) is 24.2 Å². The van der Waals surface area contributed by atoms with Gasteiger partial charge in [-0.25, -0.2) is 4.98 Å². The van der Waals surface area contributed by atoms with E-state index < -0.39 is 5.60 Å². The number of carbonyl (C=O) groups is 1. The van der Waals surface area contributed by atoms with Crippen molar-refractivity contribution in [1.82, 2.24) is 15.3 Å². The normalized spacial score (nSPS) is 35.5. The summed E-state index contributed by atoms with van der Waals surface area (Å²) in [7, 11) is 0. The number of aliphatic hydroxyl groups is 1. The average Bonchev–Trinajstić information content (AvgIpc) is 2.91. The zero-order chi connectivity index (χ0) is 18.8. The number of imidazole rings is 1. The highest BCUT2D eigenvalue weighted by Crippen LogP contribution is 2.62. The SMILES string of the molecule is Cc1nc2ccc(CC(=O)NC(C)C34CC5CC(CC(O)(C5)C3)C4)cc2[nH]1. The summed E-state index contributed by atoms with van der Waals surface area (Å²) in [6.45, 7) is 4.09. The molecular formula is C22H29N3O2. The van der Waals surface area contributed by atoms with Gasteiger partial charge in [0.15, 0.2) is 0 Å². The van der Waals surface area contributed by atoms with Crippen LogP contribution in [0.4, 0.5) is 0 Å². The molecule has 0 aliphatic heterocycles. The molecule has 5 nitrogen and oxygen atoms in total. The van der Waals surface area contributed by atoms with Crippen LogP contribution in [-0.2, 0) is 11.2 Å². The monoisotopic (exact) mass is 367 g/mol. The third-order valence-electron chi connectivity index (χ3n) is 7.40. The lowest BCUT2D eigenvalue weighted by molar-refractivity contribution is -0.173. The van der Waals surface area contributed by atoms with Crippen LogP contribution in [0.3, 0.4) is 0 Å². The van der Waals surface area contributed by atoms with Crippen LogP contribution in [0.2, 0.25) is 0 Å². The van der Waals surface area contributed by atoms with Crippen LogP contribution in [0.5, 0.6) is 0 Å². The molecule has 3 unspecified atom stereocenters. The lowest BCUT2D eigenvalue weighted by Crippen LogP contribution is -2.61. The molecule has 1 amide bonds. The van der Waals surface area contributed by atoms with E-state index in [1.54, 1.807) is 0 Å². The first kappa shape index (κ1) is 17.2. The van der Waals surface area contributed by atoms with Crippen LogP contribution < -0.4 is 5.32 Å². The number of H-pyrrole nitrogens is 1. The minimum absolute atomic E-state index is 0.0702. The minimum Gasteiger partial charge on any atom is -0.390 e. The molecule has 6 rings (SSSR count). The van der Waals surface area contributed by atoms with Crippen molar-refractivity contribution in [2.24, 2.45) is 17.3 Å². The van der Waals surface area contributed by atoms with Crippen LogP contribution in [0.15, 0.2) is 18.2 Å². The Morgan fingerprint density at radius 3 is 2.78 bits per heavy atom. The molecule has 0 radical (unpaired) electrons. The van der Waals surface area contributed by atoms with Crippen molar-refractivity contribution in [3.05, 3.63) is 29.6 Å². The maximum atomic E-state index is 12.7. The summed E-state index contributed by atoms with van der Waals surface area (Å²) >= 11 is 0. The number of benzene rings is 1. The zero-order valence-electron chi connectivity index (χ0n) is 16.2. The summed E-state index contributed by atoms with van der Waals surface area (Å²) in [5.74, 6) is 2.24. The van der Waals surface area contributed by atoms with Crippen LogP contribution >= 0.6 is 0 Å².